The summed E-state index contributed by atoms with van der Waals surface area (Å²) in [6.45, 7) is 0.148. The highest BCUT2D eigenvalue weighted by Crippen LogP contribution is 2.36. The lowest BCUT2D eigenvalue weighted by Gasteiger charge is -2.27. The van der Waals surface area contributed by atoms with Crippen molar-refractivity contribution < 1.29 is 13.6 Å². The van der Waals surface area contributed by atoms with Crippen molar-refractivity contribution in [3.8, 4) is 0 Å². The fourth-order valence-electron chi connectivity index (χ4n) is 3.77. The zero-order chi connectivity index (χ0) is 21.3. The Labute approximate surface area is 173 Å². The smallest absolute Gasteiger partial charge is 0.240 e. The van der Waals surface area contributed by atoms with Crippen LogP contribution in [0.1, 0.15) is 22.9 Å². The predicted molar refractivity (Wildman–Crippen MR) is 110 cm³/mol. The normalized spacial score (nSPS) is 17.1. The number of amides is 1. The van der Waals surface area contributed by atoms with Crippen molar-refractivity contribution >= 4 is 11.5 Å². The summed E-state index contributed by atoms with van der Waals surface area (Å²) in [4.78, 5) is 19.1. The first-order chi connectivity index (χ1) is 14.4. The SMILES string of the molecule is Cn1cnc(CC(N)C(=O)N2CC(c3cc(F)ccc3F)=C[C@H]2c2ccccc2)c1. The second-order valence-corrected chi connectivity index (χ2v) is 7.48. The van der Waals surface area contributed by atoms with Crippen molar-refractivity contribution in [2.45, 2.75) is 18.5 Å². The Morgan fingerprint density at radius 2 is 2.00 bits per heavy atom. The number of hydrogen-bond acceptors (Lipinski definition) is 3. The molecule has 2 aromatic carbocycles. The summed E-state index contributed by atoms with van der Waals surface area (Å²) in [7, 11) is 1.85. The number of halogens is 2. The Morgan fingerprint density at radius 3 is 2.70 bits per heavy atom. The van der Waals surface area contributed by atoms with Gasteiger partial charge in [-0.1, -0.05) is 36.4 Å². The van der Waals surface area contributed by atoms with Crippen molar-refractivity contribution in [2.24, 2.45) is 12.8 Å². The Morgan fingerprint density at radius 1 is 1.23 bits per heavy atom. The molecule has 2 atom stereocenters. The minimum Gasteiger partial charge on any atom is -0.340 e. The van der Waals surface area contributed by atoms with E-state index in [9.17, 15) is 13.6 Å². The van der Waals surface area contributed by atoms with E-state index >= 15 is 0 Å². The van der Waals surface area contributed by atoms with Crippen LogP contribution in [-0.2, 0) is 18.3 Å². The minimum absolute atomic E-state index is 0.148. The van der Waals surface area contributed by atoms with Crippen LogP contribution < -0.4 is 5.73 Å². The van der Waals surface area contributed by atoms with Gasteiger partial charge in [-0.15, -0.1) is 0 Å². The molecule has 30 heavy (non-hydrogen) atoms. The highest BCUT2D eigenvalue weighted by molar-refractivity contribution is 5.87. The standard InChI is InChI=1S/C23H22F2N4O/c1-28-13-18(27-14-28)11-21(26)23(30)29-12-16(19-10-17(24)7-8-20(19)25)9-22(29)15-5-3-2-4-6-15/h2-10,13-14,21-22H,11-12,26H2,1H3/t21?,22-/m0/s1. The molecule has 5 nitrogen and oxygen atoms in total. The van der Waals surface area contributed by atoms with Gasteiger partial charge in [-0.25, -0.2) is 13.8 Å². The zero-order valence-corrected chi connectivity index (χ0v) is 16.5. The van der Waals surface area contributed by atoms with Gasteiger partial charge in [-0.05, 0) is 29.3 Å². The van der Waals surface area contributed by atoms with Crippen molar-refractivity contribution in [3.05, 3.63) is 95.6 Å². The summed E-state index contributed by atoms with van der Waals surface area (Å²) in [5, 5.41) is 0. The van der Waals surface area contributed by atoms with E-state index in [0.29, 0.717) is 12.0 Å². The molecule has 2 heterocycles. The van der Waals surface area contributed by atoms with Crippen LogP contribution in [0.3, 0.4) is 0 Å². The number of benzene rings is 2. The maximum atomic E-state index is 14.4. The number of hydrogen-bond donors (Lipinski definition) is 1. The lowest BCUT2D eigenvalue weighted by molar-refractivity contribution is -0.133. The molecule has 0 aliphatic carbocycles. The molecule has 1 aliphatic rings. The third-order valence-electron chi connectivity index (χ3n) is 5.24. The van der Waals surface area contributed by atoms with Crippen LogP contribution in [-0.4, -0.2) is 32.9 Å². The molecule has 0 spiro atoms. The lowest BCUT2D eigenvalue weighted by atomic mass is 10.0. The molecule has 1 aromatic heterocycles. The van der Waals surface area contributed by atoms with Gasteiger partial charge in [0.1, 0.15) is 11.6 Å². The number of carbonyl (C=O) groups is 1. The first kappa shape index (κ1) is 20.0. The van der Waals surface area contributed by atoms with Gasteiger partial charge in [0, 0.05) is 31.8 Å². The summed E-state index contributed by atoms with van der Waals surface area (Å²) < 4.78 is 29.9. The van der Waals surface area contributed by atoms with E-state index < -0.39 is 23.7 Å². The number of aromatic nitrogens is 2. The van der Waals surface area contributed by atoms with Gasteiger partial charge in [0.25, 0.3) is 0 Å². The molecule has 0 saturated heterocycles. The van der Waals surface area contributed by atoms with E-state index in [1.807, 2.05) is 43.6 Å². The first-order valence-electron chi connectivity index (χ1n) is 9.66. The average Bonchev–Trinajstić information content (AvgIpc) is 3.36. The highest BCUT2D eigenvalue weighted by atomic mass is 19.1. The molecule has 1 aliphatic heterocycles. The maximum Gasteiger partial charge on any atom is 0.240 e. The van der Waals surface area contributed by atoms with Gasteiger partial charge in [0.05, 0.1) is 24.1 Å². The Bertz CT molecular complexity index is 1090. The topological polar surface area (TPSA) is 64.2 Å². The van der Waals surface area contributed by atoms with Crippen molar-refractivity contribution in [1.29, 1.82) is 0 Å². The molecule has 0 saturated carbocycles. The van der Waals surface area contributed by atoms with Crippen molar-refractivity contribution in [1.82, 2.24) is 14.5 Å². The number of imidazole rings is 1. The van der Waals surface area contributed by atoms with Gasteiger partial charge in [-0.2, -0.15) is 0 Å². The molecule has 1 amide bonds. The average molecular weight is 408 g/mol. The molecular weight excluding hydrogens is 386 g/mol. The molecule has 0 radical (unpaired) electrons. The van der Waals surface area contributed by atoms with Crippen LogP contribution in [0.15, 0.2) is 67.1 Å². The summed E-state index contributed by atoms with van der Waals surface area (Å²) in [5.41, 5.74) is 8.53. The summed E-state index contributed by atoms with van der Waals surface area (Å²) in [5.74, 6) is -1.32. The molecule has 154 valence electrons. The van der Waals surface area contributed by atoms with Gasteiger partial charge >= 0.3 is 0 Å². The van der Waals surface area contributed by atoms with Crippen molar-refractivity contribution in [2.75, 3.05) is 6.54 Å². The number of nitrogens with two attached hydrogens (primary N) is 1. The highest BCUT2D eigenvalue weighted by Gasteiger charge is 2.34. The van der Waals surface area contributed by atoms with Gasteiger partial charge in [-0.3, -0.25) is 4.79 Å². The van der Waals surface area contributed by atoms with E-state index in [4.69, 9.17) is 5.73 Å². The summed E-state index contributed by atoms with van der Waals surface area (Å²) in [6.07, 6.45) is 5.57. The lowest BCUT2D eigenvalue weighted by Crippen LogP contribution is -2.45. The van der Waals surface area contributed by atoms with Crippen molar-refractivity contribution in [3.63, 3.8) is 0 Å². The number of nitrogens with zero attached hydrogens (tertiary/aromatic N) is 3. The van der Waals surface area contributed by atoms with Gasteiger partial charge in [0.2, 0.25) is 5.91 Å². The van der Waals surface area contributed by atoms with Gasteiger partial charge in [0.15, 0.2) is 0 Å². The molecule has 2 N–H and O–H groups in total. The largest absolute Gasteiger partial charge is 0.340 e. The molecule has 7 heteroatoms. The van der Waals surface area contributed by atoms with Crippen LogP contribution >= 0.6 is 0 Å². The van der Waals surface area contributed by atoms with E-state index in [1.165, 1.54) is 0 Å². The third-order valence-corrected chi connectivity index (χ3v) is 5.24. The van der Waals surface area contributed by atoms with Crippen LogP contribution in [0.4, 0.5) is 8.78 Å². The third kappa shape index (κ3) is 4.02. The monoisotopic (exact) mass is 408 g/mol. The van der Waals surface area contributed by atoms with E-state index in [2.05, 4.69) is 4.98 Å². The second-order valence-electron chi connectivity index (χ2n) is 7.48. The second kappa shape index (κ2) is 8.20. The van der Waals surface area contributed by atoms with E-state index in [0.717, 1.165) is 29.5 Å². The minimum atomic E-state index is -0.795. The fraction of sp³-hybridized carbons (Fsp3) is 0.217. The zero-order valence-electron chi connectivity index (χ0n) is 16.5. The number of aryl methyl sites for hydroxylation is 1. The molecule has 0 fully saturated rings. The van der Waals surface area contributed by atoms with Crippen LogP contribution in [0.2, 0.25) is 0 Å². The molecule has 0 bridgehead atoms. The summed E-state index contributed by atoms with van der Waals surface area (Å²) in [6, 6.07) is 11.6. The fourth-order valence-corrected chi connectivity index (χ4v) is 3.77. The molecule has 3 aromatic rings. The quantitative estimate of drug-likeness (QED) is 0.705. The Hall–Kier alpha value is -3.32. The Balaban J connectivity index is 1.64. The first-order valence-corrected chi connectivity index (χ1v) is 9.66. The molecular formula is C23H22F2N4O. The maximum absolute atomic E-state index is 14.4. The number of rotatable bonds is 5. The molecule has 4 rings (SSSR count). The number of carbonyl (C=O) groups excluding carboxylic acids is 1. The van der Waals surface area contributed by atoms with Gasteiger partial charge < -0.3 is 15.2 Å². The van der Waals surface area contributed by atoms with Crippen LogP contribution in [0, 0.1) is 11.6 Å². The Kier molecular flexibility index (Phi) is 5.46. The molecule has 1 unspecified atom stereocenters. The predicted octanol–water partition coefficient (Wildman–Crippen LogP) is 3.24. The summed E-state index contributed by atoms with van der Waals surface area (Å²) >= 11 is 0. The van der Waals surface area contributed by atoms with Crippen LogP contribution in [0.25, 0.3) is 5.57 Å². The van der Waals surface area contributed by atoms with Crippen LogP contribution in [0.5, 0.6) is 0 Å². The van der Waals surface area contributed by atoms with E-state index in [-0.39, 0.29) is 18.0 Å². The van der Waals surface area contributed by atoms with E-state index in [1.54, 1.807) is 21.9 Å².